The highest BCUT2D eigenvalue weighted by atomic mass is 79.9. The Bertz CT molecular complexity index is 345. The van der Waals surface area contributed by atoms with E-state index in [-0.39, 0.29) is 0 Å². The zero-order valence-corrected chi connectivity index (χ0v) is 10.5. The highest BCUT2D eigenvalue weighted by molar-refractivity contribution is 9.10. The zero-order chi connectivity index (χ0) is 10.1. The molecule has 0 aromatic heterocycles. The van der Waals surface area contributed by atoms with Crippen LogP contribution in [-0.2, 0) is 0 Å². The summed E-state index contributed by atoms with van der Waals surface area (Å²) in [5.41, 5.74) is 2.42. The second kappa shape index (κ2) is 4.21. The van der Waals surface area contributed by atoms with E-state index < -0.39 is 0 Å². The first-order valence-electron chi connectivity index (χ1n) is 4.87. The van der Waals surface area contributed by atoms with Crippen molar-refractivity contribution in [3.63, 3.8) is 0 Å². The molecule has 2 rings (SSSR count). The van der Waals surface area contributed by atoms with Crippen molar-refractivity contribution < 1.29 is 0 Å². The molecule has 1 aromatic rings. The summed E-state index contributed by atoms with van der Waals surface area (Å²) in [5, 5.41) is 4.33. The van der Waals surface area contributed by atoms with Crippen molar-refractivity contribution in [2.75, 3.05) is 6.54 Å². The Morgan fingerprint density at radius 3 is 2.93 bits per heavy atom. The number of aryl methyl sites for hydroxylation is 1. The minimum atomic E-state index is 0.475. The summed E-state index contributed by atoms with van der Waals surface area (Å²) < 4.78 is 1.17. The number of nitrogens with one attached hydrogen (secondary N) is 1. The third-order valence-corrected chi connectivity index (χ3v) is 3.81. The molecule has 0 amide bonds. The van der Waals surface area contributed by atoms with Gasteiger partial charge in [0.25, 0.3) is 0 Å². The topological polar surface area (TPSA) is 12.0 Å². The number of hydrogen-bond acceptors (Lipinski definition) is 1. The maximum atomic E-state index is 6.12. The van der Waals surface area contributed by atoms with Crippen LogP contribution >= 0.6 is 27.5 Å². The zero-order valence-electron chi connectivity index (χ0n) is 8.11. The van der Waals surface area contributed by atoms with Gasteiger partial charge < -0.3 is 5.32 Å². The molecule has 1 aliphatic heterocycles. The molecular formula is C11H13BrClN. The van der Waals surface area contributed by atoms with Crippen molar-refractivity contribution >= 4 is 27.5 Å². The first-order valence-corrected chi connectivity index (χ1v) is 6.04. The molecule has 0 aliphatic carbocycles. The first-order chi connectivity index (χ1) is 6.68. The van der Waals surface area contributed by atoms with E-state index in [2.05, 4.69) is 33.4 Å². The molecule has 14 heavy (non-hydrogen) atoms. The predicted molar refractivity (Wildman–Crippen MR) is 63.9 cm³/mol. The van der Waals surface area contributed by atoms with E-state index in [1.54, 1.807) is 0 Å². The Hall–Kier alpha value is -0.0500. The van der Waals surface area contributed by atoms with Crippen LogP contribution in [0.4, 0.5) is 0 Å². The molecule has 1 aromatic carbocycles. The number of rotatable bonds is 1. The molecule has 1 fully saturated rings. The van der Waals surface area contributed by atoms with Gasteiger partial charge in [-0.15, -0.1) is 0 Å². The molecule has 1 unspecified atom stereocenters. The molecular weight excluding hydrogens is 261 g/mol. The summed E-state index contributed by atoms with van der Waals surface area (Å²) in [7, 11) is 0. The van der Waals surface area contributed by atoms with Gasteiger partial charge in [-0.25, -0.2) is 0 Å². The fraction of sp³-hybridized carbons (Fsp3) is 0.455. The van der Waals surface area contributed by atoms with Crippen LogP contribution in [0.3, 0.4) is 0 Å². The number of benzene rings is 1. The van der Waals surface area contributed by atoms with Crippen LogP contribution in [0.2, 0.25) is 5.02 Å². The molecule has 0 bridgehead atoms. The molecule has 0 radical (unpaired) electrons. The lowest BCUT2D eigenvalue weighted by Gasteiger charge is -2.14. The van der Waals surface area contributed by atoms with Crippen molar-refractivity contribution in [3.8, 4) is 0 Å². The number of halogens is 2. The van der Waals surface area contributed by atoms with Gasteiger partial charge in [0.2, 0.25) is 0 Å². The molecule has 0 saturated carbocycles. The van der Waals surface area contributed by atoms with Crippen molar-refractivity contribution in [2.45, 2.75) is 25.8 Å². The van der Waals surface area contributed by atoms with Crippen LogP contribution < -0.4 is 5.32 Å². The lowest BCUT2D eigenvalue weighted by atomic mass is 10.0. The van der Waals surface area contributed by atoms with E-state index in [0.717, 1.165) is 17.1 Å². The van der Waals surface area contributed by atoms with E-state index in [4.69, 9.17) is 11.6 Å². The third-order valence-electron chi connectivity index (χ3n) is 2.71. The normalized spacial score (nSPS) is 21.5. The van der Waals surface area contributed by atoms with Crippen LogP contribution in [0.25, 0.3) is 0 Å². The lowest BCUT2D eigenvalue weighted by molar-refractivity contribution is 0.645. The van der Waals surface area contributed by atoms with Crippen molar-refractivity contribution in [1.29, 1.82) is 0 Å². The van der Waals surface area contributed by atoms with E-state index in [1.807, 2.05) is 6.92 Å². The van der Waals surface area contributed by atoms with Gasteiger partial charge in [0.05, 0.1) is 0 Å². The molecule has 1 N–H and O–H groups in total. The lowest BCUT2D eigenvalue weighted by Crippen LogP contribution is -2.13. The second-order valence-electron chi connectivity index (χ2n) is 3.77. The van der Waals surface area contributed by atoms with Crippen LogP contribution in [0.5, 0.6) is 0 Å². The molecule has 1 nitrogen and oxygen atoms in total. The first kappa shape index (κ1) is 10.5. The Morgan fingerprint density at radius 2 is 2.29 bits per heavy atom. The Labute approximate surface area is 98.0 Å². The fourth-order valence-corrected chi connectivity index (χ4v) is 2.78. The van der Waals surface area contributed by atoms with Crippen LogP contribution in [0, 0.1) is 6.92 Å². The van der Waals surface area contributed by atoms with Crippen LogP contribution in [-0.4, -0.2) is 6.54 Å². The van der Waals surface area contributed by atoms with E-state index in [0.29, 0.717) is 6.04 Å². The molecule has 3 heteroatoms. The predicted octanol–water partition coefficient (Wildman–Crippen LogP) is 3.84. The summed E-state index contributed by atoms with van der Waals surface area (Å²) in [6.45, 7) is 3.14. The van der Waals surface area contributed by atoms with Gasteiger partial charge in [0.15, 0.2) is 0 Å². The van der Waals surface area contributed by atoms with Crippen LogP contribution in [0.15, 0.2) is 16.6 Å². The largest absolute Gasteiger partial charge is 0.310 e. The maximum absolute atomic E-state index is 6.12. The standard InChI is InChI=1S/C11H13BrClN/c1-7-5-9(12)8(6-10(7)13)11-3-2-4-14-11/h5-6,11,14H,2-4H2,1H3. The summed E-state index contributed by atoms with van der Waals surface area (Å²) in [6.07, 6.45) is 2.46. The molecule has 1 atom stereocenters. The minimum Gasteiger partial charge on any atom is -0.310 e. The van der Waals surface area contributed by atoms with E-state index in [9.17, 15) is 0 Å². The van der Waals surface area contributed by atoms with Gasteiger partial charge in [-0.1, -0.05) is 27.5 Å². The minimum absolute atomic E-state index is 0.475. The van der Waals surface area contributed by atoms with E-state index in [1.165, 1.54) is 22.9 Å². The van der Waals surface area contributed by atoms with Gasteiger partial charge in [0, 0.05) is 15.5 Å². The quantitative estimate of drug-likeness (QED) is 0.820. The Morgan fingerprint density at radius 1 is 1.50 bits per heavy atom. The smallest absolute Gasteiger partial charge is 0.0439 e. The Balaban J connectivity index is 2.37. The second-order valence-corrected chi connectivity index (χ2v) is 5.03. The molecule has 76 valence electrons. The summed E-state index contributed by atoms with van der Waals surface area (Å²) in [4.78, 5) is 0. The fourth-order valence-electron chi connectivity index (χ4n) is 1.88. The van der Waals surface area contributed by atoms with E-state index >= 15 is 0 Å². The Kier molecular flexibility index (Phi) is 3.15. The van der Waals surface area contributed by atoms with Gasteiger partial charge in [-0.05, 0) is 49.6 Å². The number of hydrogen-bond donors (Lipinski definition) is 1. The molecule has 1 aliphatic rings. The molecule has 1 heterocycles. The van der Waals surface area contributed by atoms with Gasteiger partial charge in [-0.2, -0.15) is 0 Å². The monoisotopic (exact) mass is 273 g/mol. The van der Waals surface area contributed by atoms with Crippen LogP contribution in [0.1, 0.15) is 30.0 Å². The SMILES string of the molecule is Cc1cc(Br)c(C2CCCN2)cc1Cl. The van der Waals surface area contributed by atoms with Crippen molar-refractivity contribution in [1.82, 2.24) is 5.32 Å². The van der Waals surface area contributed by atoms with Gasteiger partial charge in [0.1, 0.15) is 0 Å². The average molecular weight is 275 g/mol. The summed E-state index contributed by atoms with van der Waals surface area (Å²) in [6, 6.07) is 4.64. The van der Waals surface area contributed by atoms with Gasteiger partial charge >= 0.3 is 0 Å². The summed E-state index contributed by atoms with van der Waals surface area (Å²) >= 11 is 9.71. The molecule has 1 saturated heterocycles. The maximum Gasteiger partial charge on any atom is 0.0439 e. The summed E-state index contributed by atoms with van der Waals surface area (Å²) in [5.74, 6) is 0. The highest BCUT2D eigenvalue weighted by Crippen LogP contribution is 2.33. The molecule has 0 spiro atoms. The van der Waals surface area contributed by atoms with Gasteiger partial charge in [-0.3, -0.25) is 0 Å². The highest BCUT2D eigenvalue weighted by Gasteiger charge is 2.19. The average Bonchev–Trinajstić information content (AvgIpc) is 2.64. The van der Waals surface area contributed by atoms with Crippen molar-refractivity contribution in [3.05, 3.63) is 32.8 Å². The third kappa shape index (κ3) is 1.97. The van der Waals surface area contributed by atoms with Crippen molar-refractivity contribution in [2.24, 2.45) is 0 Å².